The Morgan fingerprint density at radius 3 is 2.25 bits per heavy atom. The van der Waals surface area contributed by atoms with Gasteiger partial charge in [-0.25, -0.2) is 0 Å². The van der Waals surface area contributed by atoms with Crippen LogP contribution >= 0.6 is 0 Å². The molecule has 0 saturated carbocycles. The standard InChI is InChI=1S/C13H29N3/c1-4-15(5-2)11-13-6-8-16(9-7-13)12(3)10-14/h12-13H,4-11,14H2,1-3H3. The second-order valence-electron chi connectivity index (χ2n) is 5.05. The minimum atomic E-state index is 0.564. The Hall–Kier alpha value is -0.120. The summed E-state index contributed by atoms with van der Waals surface area (Å²) < 4.78 is 0. The molecule has 0 aromatic heterocycles. The third-order valence-electron chi connectivity index (χ3n) is 4.02. The zero-order valence-electron chi connectivity index (χ0n) is 11.3. The summed E-state index contributed by atoms with van der Waals surface area (Å²) in [5.41, 5.74) is 5.71. The SMILES string of the molecule is CCN(CC)CC1CCN(C(C)CN)CC1. The van der Waals surface area contributed by atoms with Crippen LogP contribution in [-0.2, 0) is 0 Å². The van der Waals surface area contributed by atoms with Crippen LogP contribution < -0.4 is 5.73 Å². The molecule has 0 aromatic carbocycles. The Bertz CT molecular complexity index is 172. The van der Waals surface area contributed by atoms with Crippen LogP contribution in [0.5, 0.6) is 0 Å². The highest BCUT2D eigenvalue weighted by molar-refractivity contribution is 4.78. The molecule has 1 unspecified atom stereocenters. The van der Waals surface area contributed by atoms with Gasteiger partial charge >= 0.3 is 0 Å². The molecule has 1 rings (SSSR count). The number of likely N-dealkylation sites (tertiary alicyclic amines) is 1. The molecular weight excluding hydrogens is 198 g/mol. The zero-order chi connectivity index (χ0) is 12.0. The van der Waals surface area contributed by atoms with E-state index < -0.39 is 0 Å². The third-order valence-corrected chi connectivity index (χ3v) is 4.02. The first-order valence-corrected chi connectivity index (χ1v) is 6.87. The molecule has 3 heteroatoms. The average Bonchev–Trinajstić information content (AvgIpc) is 2.35. The van der Waals surface area contributed by atoms with E-state index in [0.717, 1.165) is 12.5 Å². The van der Waals surface area contributed by atoms with Crippen molar-refractivity contribution < 1.29 is 0 Å². The average molecular weight is 227 g/mol. The molecule has 1 aliphatic heterocycles. The van der Waals surface area contributed by atoms with Crippen molar-refractivity contribution in [1.82, 2.24) is 9.80 Å². The van der Waals surface area contributed by atoms with Crippen molar-refractivity contribution >= 4 is 0 Å². The molecule has 0 spiro atoms. The van der Waals surface area contributed by atoms with Gasteiger partial charge in [0.05, 0.1) is 0 Å². The molecular formula is C13H29N3. The first-order chi connectivity index (χ1) is 7.71. The molecule has 1 atom stereocenters. The Labute approximate surface area is 101 Å². The highest BCUT2D eigenvalue weighted by Gasteiger charge is 2.22. The van der Waals surface area contributed by atoms with Gasteiger partial charge in [-0.05, 0) is 51.9 Å². The smallest absolute Gasteiger partial charge is 0.0190 e. The van der Waals surface area contributed by atoms with Crippen LogP contribution in [0.4, 0.5) is 0 Å². The molecule has 1 aliphatic rings. The lowest BCUT2D eigenvalue weighted by Crippen LogP contribution is -2.45. The number of rotatable bonds is 6. The van der Waals surface area contributed by atoms with Crippen molar-refractivity contribution in [1.29, 1.82) is 0 Å². The van der Waals surface area contributed by atoms with Gasteiger partial charge < -0.3 is 10.6 Å². The lowest BCUT2D eigenvalue weighted by molar-refractivity contribution is 0.121. The minimum Gasteiger partial charge on any atom is -0.329 e. The van der Waals surface area contributed by atoms with Crippen LogP contribution in [0.2, 0.25) is 0 Å². The van der Waals surface area contributed by atoms with Gasteiger partial charge in [-0.1, -0.05) is 13.8 Å². The molecule has 1 saturated heterocycles. The molecule has 16 heavy (non-hydrogen) atoms. The van der Waals surface area contributed by atoms with Crippen LogP contribution in [0.3, 0.4) is 0 Å². The van der Waals surface area contributed by atoms with Gasteiger partial charge in [-0.3, -0.25) is 4.90 Å². The van der Waals surface area contributed by atoms with Gasteiger partial charge in [0.1, 0.15) is 0 Å². The molecule has 96 valence electrons. The van der Waals surface area contributed by atoms with Crippen molar-refractivity contribution in [3.8, 4) is 0 Å². The van der Waals surface area contributed by atoms with Crippen LogP contribution in [0.25, 0.3) is 0 Å². The summed E-state index contributed by atoms with van der Waals surface area (Å²) in [6, 6.07) is 0.564. The number of piperidine rings is 1. The maximum absolute atomic E-state index is 5.71. The summed E-state index contributed by atoms with van der Waals surface area (Å²) in [5.74, 6) is 0.904. The zero-order valence-corrected chi connectivity index (χ0v) is 11.3. The minimum absolute atomic E-state index is 0.564. The van der Waals surface area contributed by atoms with Crippen molar-refractivity contribution in [3.63, 3.8) is 0 Å². The second kappa shape index (κ2) is 7.25. The topological polar surface area (TPSA) is 32.5 Å². The van der Waals surface area contributed by atoms with E-state index in [4.69, 9.17) is 5.73 Å². The number of nitrogens with two attached hydrogens (primary N) is 1. The lowest BCUT2D eigenvalue weighted by Gasteiger charge is -2.37. The molecule has 0 amide bonds. The molecule has 2 N–H and O–H groups in total. The molecule has 0 aliphatic carbocycles. The van der Waals surface area contributed by atoms with Crippen molar-refractivity contribution in [2.45, 2.75) is 39.7 Å². The summed E-state index contributed by atoms with van der Waals surface area (Å²) in [6.45, 7) is 13.7. The molecule has 0 radical (unpaired) electrons. The summed E-state index contributed by atoms with van der Waals surface area (Å²) in [7, 11) is 0. The van der Waals surface area contributed by atoms with Gasteiger partial charge in [0.25, 0.3) is 0 Å². The summed E-state index contributed by atoms with van der Waals surface area (Å²) in [6.07, 6.45) is 2.70. The first kappa shape index (κ1) is 13.9. The second-order valence-corrected chi connectivity index (χ2v) is 5.05. The summed E-state index contributed by atoms with van der Waals surface area (Å²) in [5, 5.41) is 0. The van der Waals surface area contributed by atoms with Crippen LogP contribution in [0.1, 0.15) is 33.6 Å². The maximum Gasteiger partial charge on any atom is 0.0190 e. The first-order valence-electron chi connectivity index (χ1n) is 6.87. The highest BCUT2D eigenvalue weighted by Crippen LogP contribution is 2.19. The quantitative estimate of drug-likeness (QED) is 0.744. The molecule has 1 fully saturated rings. The highest BCUT2D eigenvalue weighted by atomic mass is 15.2. The van der Waals surface area contributed by atoms with E-state index in [9.17, 15) is 0 Å². The van der Waals surface area contributed by atoms with Crippen LogP contribution in [0.15, 0.2) is 0 Å². The van der Waals surface area contributed by atoms with Gasteiger partial charge in [-0.15, -0.1) is 0 Å². The fraction of sp³-hybridized carbons (Fsp3) is 1.00. The van der Waals surface area contributed by atoms with E-state index in [-0.39, 0.29) is 0 Å². The van der Waals surface area contributed by atoms with Gasteiger partial charge in [0.2, 0.25) is 0 Å². The lowest BCUT2D eigenvalue weighted by atomic mass is 9.95. The molecule has 1 heterocycles. The Balaban J connectivity index is 2.26. The van der Waals surface area contributed by atoms with Gasteiger partial charge in [-0.2, -0.15) is 0 Å². The van der Waals surface area contributed by atoms with E-state index in [1.807, 2.05) is 0 Å². The Morgan fingerprint density at radius 2 is 1.81 bits per heavy atom. The Kier molecular flexibility index (Phi) is 6.32. The maximum atomic E-state index is 5.71. The van der Waals surface area contributed by atoms with Crippen molar-refractivity contribution in [3.05, 3.63) is 0 Å². The van der Waals surface area contributed by atoms with E-state index in [2.05, 4.69) is 30.6 Å². The van der Waals surface area contributed by atoms with Gasteiger partial charge in [0.15, 0.2) is 0 Å². The summed E-state index contributed by atoms with van der Waals surface area (Å²) in [4.78, 5) is 5.09. The molecule has 0 bridgehead atoms. The number of hydrogen-bond acceptors (Lipinski definition) is 3. The predicted molar refractivity (Wildman–Crippen MR) is 70.6 cm³/mol. The van der Waals surface area contributed by atoms with Crippen molar-refractivity contribution in [2.75, 3.05) is 39.3 Å². The Morgan fingerprint density at radius 1 is 1.25 bits per heavy atom. The fourth-order valence-electron chi connectivity index (χ4n) is 2.57. The van der Waals surface area contributed by atoms with Crippen LogP contribution in [0, 0.1) is 5.92 Å². The van der Waals surface area contributed by atoms with Crippen molar-refractivity contribution in [2.24, 2.45) is 11.7 Å². The largest absolute Gasteiger partial charge is 0.329 e. The number of nitrogens with zero attached hydrogens (tertiary/aromatic N) is 2. The van der Waals surface area contributed by atoms with E-state index in [1.54, 1.807) is 0 Å². The normalized spacial score (nSPS) is 21.6. The van der Waals surface area contributed by atoms with E-state index in [1.165, 1.54) is 45.6 Å². The van der Waals surface area contributed by atoms with Crippen LogP contribution in [-0.4, -0.2) is 55.1 Å². The fourth-order valence-corrected chi connectivity index (χ4v) is 2.57. The molecule has 0 aromatic rings. The van der Waals surface area contributed by atoms with Gasteiger partial charge in [0, 0.05) is 19.1 Å². The molecule has 3 nitrogen and oxygen atoms in total. The van der Waals surface area contributed by atoms with E-state index >= 15 is 0 Å². The monoisotopic (exact) mass is 227 g/mol. The van der Waals surface area contributed by atoms with E-state index in [0.29, 0.717) is 6.04 Å². The predicted octanol–water partition coefficient (Wildman–Crippen LogP) is 1.39. The summed E-state index contributed by atoms with van der Waals surface area (Å²) >= 11 is 0. The third kappa shape index (κ3) is 4.04. The number of hydrogen-bond donors (Lipinski definition) is 1.